The van der Waals surface area contributed by atoms with Crippen molar-refractivity contribution in [3.05, 3.63) is 65.2 Å². The van der Waals surface area contributed by atoms with Gasteiger partial charge in [-0.1, -0.05) is 63.2 Å². The second-order valence-electron chi connectivity index (χ2n) is 6.00. The molecule has 0 aliphatic carbocycles. The van der Waals surface area contributed by atoms with Crippen LogP contribution in [-0.2, 0) is 5.41 Å². The Bertz CT molecular complexity index is 585. The van der Waals surface area contributed by atoms with Gasteiger partial charge in [-0.2, -0.15) is 0 Å². The average Bonchev–Trinajstić information content (AvgIpc) is 2.54. The molecule has 0 saturated heterocycles. The van der Waals surface area contributed by atoms with Gasteiger partial charge in [0.1, 0.15) is 11.9 Å². The molecule has 0 radical (unpaired) electrons. The van der Waals surface area contributed by atoms with Crippen molar-refractivity contribution in [3.8, 4) is 5.75 Å². The van der Waals surface area contributed by atoms with Crippen molar-refractivity contribution in [3.63, 3.8) is 0 Å². The molecule has 0 fully saturated rings. The summed E-state index contributed by atoms with van der Waals surface area (Å²) in [5.74, 6) is 0.711. The molecule has 0 heterocycles. The Labute approximate surface area is 127 Å². The number of hydrogen-bond donors (Lipinski definition) is 1. The third-order valence-corrected chi connectivity index (χ3v) is 4.33. The molecule has 1 atom stereocenters. The number of rotatable bonds is 5. The van der Waals surface area contributed by atoms with E-state index in [1.54, 1.807) is 7.11 Å². The minimum atomic E-state index is -0.667. The molecule has 0 aliphatic rings. The van der Waals surface area contributed by atoms with Gasteiger partial charge in [0.25, 0.3) is 0 Å². The largest absolute Gasteiger partial charge is 0.496 e. The number of para-hydroxylation sites is 1. The van der Waals surface area contributed by atoms with Crippen LogP contribution in [0.5, 0.6) is 5.75 Å². The van der Waals surface area contributed by atoms with Crippen LogP contribution in [0.1, 0.15) is 50.0 Å². The number of methoxy groups -OCH3 is 1. The summed E-state index contributed by atoms with van der Waals surface area (Å²) in [5.41, 5.74) is 3.13. The van der Waals surface area contributed by atoms with Gasteiger partial charge in [-0.3, -0.25) is 0 Å². The van der Waals surface area contributed by atoms with Gasteiger partial charge < -0.3 is 9.84 Å². The van der Waals surface area contributed by atoms with Crippen LogP contribution in [0.25, 0.3) is 0 Å². The van der Waals surface area contributed by atoms with E-state index >= 15 is 0 Å². The molecule has 0 bridgehead atoms. The highest BCUT2D eigenvalue weighted by atomic mass is 16.5. The van der Waals surface area contributed by atoms with Gasteiger partial charge in [-0.25, -0.2) is 0 Å². The van der Waals surface area contributed by atoms with Gasteiger partial charge in [-0.15, -0.1) is 0 Å². The highest BCUT2D eigenvalue weighted by Gasteiger charge is 2.19. The first kappa shape index (κ1) is 15.6. The lowest BCUT2D eigenvalue weighted by molar-refractivity contribution is 0.214. The van der Waals surface area contributed by atoms with Crippen molar-refractivity contribution >= 4 is 0 Å². The van der Waals surface area contributed by atoms with Crippen LogP contribution in [0.3, 0.4) is 0 Å². The summed E-state index contributed by atoms with van der Waals surface area (Å²) in [4.78, 5) is 0. The Kier molecular flexibility index (Phi) is 4.69. The number of ether oxygens (including phenoxy) is 1. The van der Waals surface area contributed by atoms with E-state index in [1.165, 1.54) is 5.56 Å². The average molecular weight is 284 g/mol. The summed E-state index contributed by atoms with van der Waals surface area (Å²) in [5, 5.41) is 10.6. The first-order valence-electron chi connectivity index (χ1n) is 7.41. The van der Waals surface area contributed by atoms with Crippen LogP contribution < -0.4 is 4.74 Å². The van der Waals surface area contributed by atoms with Crippen LogP contribution in [0.2, 0.25) is 0 Å². The lowest BCUT2D eigenvalue weighted by Gasteiger charge is -2.24. The molecule has 21 heavy (non-hydrogen) atoms. The monoisotopic (exact) mass is 284 g/mol. The normalized spacial score (nSPS) is 13.0. The first-order chi connectivity index (χ1) is 9.99. The molecule has 112 valence electrons. The number of hydrogen-bond acceptors (Lipinski definition) is 2. The Hall–Kier alpha value is -1.80. The molecule has 2 aromatic carbocycles. The number of aliphatic hydroxyl groups is 1. The van der Waals surface area contributed by atoms with E-state index in [4.69, 9.17) is 4.74 Å². The first-order valence-corrected chi connectivity index (χ1v) is 7.41. The van der Waals surface area contributed by atoms with Gasteiger partial charge in [0.2, 0.25) is 0 Å². The van der Waals surface area contributed by atoms with E-state index in [0.717, 1.165) is 17.5 Å². The smallest absolute Gasteiger partial charge is 0.125 e. The molecular weight excluding hydrogens is 260 g/mol. The zero-order chi connectivity index (χ0) is 15.5. The van der Waals surface area contributed by atoms with E-state index in [0.29, 0.717) is 5.75 Å². The van der Waals surface area contributed by atoms with Crippen LogP contribution in [-0.4, -0.2) is 12.2 Å². The summed E-state index contributed by atoms with van der Waals surface area (Å²) in [7, 11) is 1.62. The Balaban J connectivity index is 2.30. The van der Waals surface area contributed by atoms with Crippen molar-refractivity contribution < 1.29 is 9.84 Å². The second kappa shape index (κ2) is 6.31. The van der Waals surface area contributed by atoms with E-state index in [-0.39, 0.29) is 5.41 Å². The van der Waals surface area contributed by atoms with Gasteiger partial charge in [0, 0.05) is 5.56 Å². The maximum Gasteiger partial charge on any atom is 0.125 e. The minimum Gasteiger partial charge on any atom is -0.496 e. The molecule has 1 N–H and O–H groups in total. The highest BCUT2D eigenvalue weighted by Crippen LogP contribution is 2.32. The van der Waals surface area contributed by atoms with E-state index in [1.807, 2.05) is 36.4 Å². The molecule has 2 rings (SSSR count). The van der Waals surface area contributed by atoms with Crippen molar-refractivity contribution in [2.45, 2.75) is 38.7 Å². The molecule has 1 unspecified atom stereocenters. The highest BCUT2D eigenvalue weighted by molar-refractivity contribution is 5.41. The topological polar surface area (TPSA) is 29.5 Å². The van der Waals surface area contributed by atoms with E-state index in [9.17, 15) is 5.11 Å². The molecular formula is C19H24O2. The summed E-state index contributed by atoms with van der Waals surface area (Å²) < 4.78 is 5.32. The van der Waals surface area contributed by atoms with Crippen molar-refractivity contribution in [2.24, 2.45) is 0 Å². The Morgan fingerprint density at radius 2 is 1.67 bits per heavy atom. The number of benzene rings is 2. The van der Waals surface area contributed by atoms with Crippen LogP contribution >= 0.6 is 0 Å². The Morgan fingerprint density at radius 3 is 2.24 bits per heavy atom. The maximum atomic E-state index is 10.6. The van der Waals surface area contributed by atoms with Gasteiger partial charge in [0.15, 0.2) is 0 Å². The van der Waals surface area contributed by atoms with Crippen molar-refractivity contribution in [1.82, 2.24) is 0 Å². The lowest BCUT2D eigenvalue weighted by Crippen LogP contribution is -2.15. The van der Waals surface area contributed by atoms with Crippen molar-refractivity contribution in [1.29, 1.82) is 0 Å². The molecule has 0 saturated carbocycles. The van der Waals surface area contributed by atoms with E-state index < -0.39 is 6.10 Å². The lowest BCUT2D eigenvalue weighted by atomic mass is 9.81. The number of aliphatic hydroxyl groups excluding tert-OH is 1. The third kappa shape index (κ3) is 3.27. The standard InChI is InChI=1S/C19H24O2/c1-5-19(2,3)15-12-10-14(11-13-15)18(20)16-8-6-7-9-17(16)21-4/h6-13,18,20H,5H2,1-4H3. The molecule has 0 spiro atoms. The molecule has 0 aliphatic heterocycles. The summed E-state index contributed by atoms with van der Waals surface area (Å²) in [6, 6.07) is 15.8. The second-order valence-corrected chi connectivity index (χ2v) is 6.00. The minimum absolute atomic E-state index is 0.161. The summed E-state index contributed by atoms with van der Waals surface area (Å²) in [6.45, 7) is 6.66. The van der Waals surface area contributed by atoms with Crippen LogP contribution in [0.4, 0.5) is 0 Å². The van der Waals surface area contributed by atoms with Crippen molar-refractivity contribution in [2.75, 3.05) is 7.11 Å². The zero-order valence-corrected chi connectivity index (χ0v) is 13.3. The third-order valence-electron chi connectivity index (χ3n) is 4.33. The molecule has 0 amide bonds. The quantitative estimate of drug-likeness (QED) is 0.878. The fraction of sp³-hybridized carbons (Fsp3) is 0.368. The van der Waals surface area contributed by atoms with Crippen LogP contribution in [0.15, 0.2) is 48.5 Å². The molecule has 2 heteroatoms. The molecule has 2 aromatic rings. The summed E-state index contributed by atoms with van der Waals surface area (Å²) in [6.07, 6.45) is 0.418. The zero-order valence-electron chi connectivity index (χ0n) is 13.3. The predicted octanol–water partition coefficient (Wildman–Crippen LogP) is 4.46. The molecule has 0 aromatic heterocycles. The fourth-order valence-electron chi connectivity index (χ4n) is 2.39. The fourth-order valence-corrected chi connectivity index (χ4v) is 2.39. The van der Waals surface area contributed by atoms with Gasteiger partial charge in [-0.05, 0) is 29.0 Å². The van der Waals surface area contributed by atoms with Crippen LogP contribution in [0, 0.1) is 0 Å². The Morgan fingerprint density at radius 1 is 1.05 bits per heavy atom. The van der Waals surface area contributed by atoms with Gasteiger partial charge in [0.05, 0.1) is 7.11 Å². The SMILES string of the molecule is CCC(C)(C)c1ccc(C(O)c2ccccc2OC)cc1. The molecule has 2 nitrogen and oxygen atoms in total. The van der Waals surface area contributed by atoms with Gasteiger partial charge >= 0.3 is 0 Å². The summed E-state index contributed by atoms with van der Waals surface area (Å²) >= 11 is 0. The predicted molar refractivity (Wildman–Crippen MR) is 86.8 cm³/mol. The van der Waals surface area contributed by atoms with E-state index in [2.05, 4.69) is 32.9 Å². The maximum absolute atomic E-state index is 10.6.